The van der Waals surface area contributed by atoms with Gasteiger partial charge in [0.2, 0.25) is 0 Å². The van der Waals surface area contributed by atoms with Crippen molar-refractivity contribution in [3.63, 3.8) is 0 Å². The third-order valence-electron chi connectivity index (χ3n) is 2.69. The Labute approximate surface area is 120 Å². The lowest BCUT2D eigenvalue weighted by molar-refractivity contribution is -0.00000473. The monoisotopic (exact) mass is 328 g/mol. The minimum absolute atomic E-state index is 0. The molecule has 0 bridgehead atoms. The maximum Gasteiger partial charge on any atom is 0.415 e. The number of benzene rings is 1. The van der Waals surface area contributed by atoms with Gasteiger partial charge in [-0.25, -0.2) is 4.58 Å². The number of aromatic nitrogens is 1. The highest BCUT2D eigenvalue weighted by molar-refractivity contribution is 7.00. The van der Waals surface area contributed by atoms with E-state index in [1.54, 1.807) is 0 Å². The maximum absolute atomic E-state index is 5.55. The van der Waals surface area contributed by atoms with Crippen LogP contribution in [0.4, 0.5) is 0 Å². The lowest BCUT2D eigenvalue weighted by atomic mass is 10.2. The van der Waals surface area contributed by atoms with E-state index in [1.807, 2.05) is 30.3 Å². The average molecular weight is 329 g/mol. The standard InChI is InChI=1S/C12H13N2O2S.BrH/c1-2-4-10(5-3-1)11-13-12(17-16-11)14-6-8-15-9-7-14;/h1-5H,6-9H2;1H/q+1;/p-1. The molecule has 0 radical (unpaired) electrons. The molecular formula is C12H13BrN2O2S. The van der Waals surface area contributed by atoms with E-state index in [2.05, 4.69) is 9.56 Å². The van der Waals surface area contributed by atoms with Crippen LogP contribution in [0.25, 0.3) is 11.5 Å². The first-order valence-electron chi connectivity index (χ1n) is 5.62. The first kappa shape index (κ1) is 13.5. The van der Waals surface area contributed by atoms with Gasteiger partial charge in [0.1, 0.15) is 24.7 Å². The summed E-state index contributed by atoms with van der Waals surface area (Å²) in [6.45, 7) is 3.30. The summed E-state index contributed by atoms with van der Waals surface area (Å²) in [6.07, 6.45) is 0. The van der Waals surface area contributed by atoms with Gasteiger partial charge >= 0.3 is 10.7 Å². The van der Waals surface area contributed by atoms with Crippen molar-refractivity contribution in [2.24, 2.45) is 0 Å². The molecule has 96 valence electrons. The van der Waals surface area contributed by atoms with Crippen molar-refractivity contribution >= 4 is 11.6 Å². The molecule has 1 aliphatic rings. The zero-order chi connectivity index (χ0) is 11.5. The third kappa shape index (κ3) is 2.88. The Morgan fingerprint density at radius 1 is 1.11 bits per heavy atom. The molecule has 0 aliphatic carbocycles. The van der Waals surface area contributed by atoms with Crippen LogP contribution in [0, 0.1) is 0 Å². The largest absolute Gasteiger partial charge is 1.00 e. The van der Waals surface area contributed by atoms with Crippen molar-refractivity contribution in [1.82, 2.24) is 9.56 Å². The van der Waals surface area contributed by atoms with Gasteiger partial charge in [0.25, 0.3) is 0 Å². The second kappa shape index (κ2) is 6.26. The topological polar surface area (TPSA) is 38.3 Å². The molecule has 1 aliphatic heterocycles. The molecule has 0 saturated carbocycles. The Balaban J connectivity index is 0.00000120. The van der Waals surface area contributed by atoms with Crippen molar-refractivity contribution in [1.29, 1.82) is 0 Å². The Morgan fingerprint density at radius 3 is 2.56 bits per heavy atom. The van der Waals surface area contributed by atoms with Gasteiger partial charge in [0, 0.05) is 4.98 Å². The quantitative estimate of drug-likeness (QED) is 0.580. The molecule has 1 saturated heterocycles. The van der Waals surface area contributed by atoms with Crippen molar-refractivity contribution in [3.8, 4) is 11.5 Å². The predicted octanol–water partition coefficient (Wildman–Crippen LogP) is -1.79. The van der Waals surface area contributed by atoms with Gasteiger partial charge in [0.05, 0.1) is 18.8 Å². The lowest BCUT2D eigenvalue weighted by Crippen LogP contribution is -3.00. The van der Waals surface area contributed by atoms with E-state index in [-0.39, 0.29) is 17.0 Å². The summed E-state index contributed by atoms with van der Waals surface area (Å²) in [4.78, 5) is 5.46. The van der Waals surface area contributed by atoms with E-state index in [1.165, 1.54) is 11.6 Å². The van der Waals surface area contributed by atoms with Gasteiger partial charge < -0.3 is 25.6 Å². The summed E-state index contributed by atoms with van der Waals surface area (Å²) in [5, 5.41) is 0. The molecule has 1 fully saturated rings. The smallest absolute Gasteiger partial charge is 0.415 e. The maximum atomic E-state index is 5.55. The first-order chi connectivity index (χ1) is 8.43. The highest BCUT2D eigenvalue weighted by Gasteiger charge is 2.17. The summed E-state index contributed by atoms with van der Waals surface area (Å²) in [5.41, 5.74) is 1.02. The van der Waals surface area contributed by atoms with Crippen molar-refractivity contribution < 1.29 is 25.6 Å². The molecule has 1 aromatic carbocycles. The predicted molar refractivity (Wildman–Crippen MR) is 65.6 cm³/mol. The lowest BCUT2D eigenvalue weighted by Gasteiger charge is -2.11. The molecule has 0 unspecified atom stereocenters. The fraction of sp³-hybridized carbons (Fsp3) is 0.333. The molecule has 2 heterocycles. The molecule has 6 heteroatoms. The summed E-state index contributed by atoms with van der Waals surface area (Å²) in [5.74, 6) is 0.692. The highest BCUT2D eigenvalue weighted by Crippen LogP contribution is 2.15. The van der Waals surface area contributed by atoms with Crippen molar-refractivity contribution in [2.75, 3.05) is 26.3 Å². The van der Waals surface area contributed by atoms with Crippen LogP contribution in [0.15, 0.2) is 34.2 Å². The van der Waals surface area contributed by atoms with E-state index in [9.17, 15) is 0 Å². The molecule has 2 aromatic rings. The molecular weight excluding hydrogens is 316 g/mol. The summed E-state index contributed by atoms with van der Waals surface area (Å²) < 4.78 is 13.1. The van der Waals surface area contributed by atoms with Gasteiger partial charge in [-0.15, -0.1) is 0 Å². The highest BCUT2D eigenvalue weighted by atomic mass is 79.9. The van der Waals surface area contributed by atoms with Crippen LogP contribution >= 0.6 is 11.6 Å². The number of ether oxygens (including phenoxy) is 1. The molecule has 18 heavy (non-hydrogen) atoms. The molecule has 1 aromatic heterocycles. The zero-order valence-corrected chi connectivity index (χ0v) is 12.1. The van der Waals surface area contributed by atoms with Gasteiger partial charge in [-0.3, -0.25) is 0 Å². The summed E-state index contributed by atoms with van der Waals surface area (Å²) in [7, 11) is 0. The third-order valence-corrected chi connectivity index (χ3v) is 3.43. The average Bonchev–Trinajstić information content (AvgIpc) is 2.90. The van der Waals surface area contributed by atoms with E-state index in [0.717, 1.165) is 36.7 Å². The number of nitrogens with zero attached hydrogens (tertiary/aromatic N) is 2. The van der Waals surface area contributed by atoms with Crippen LogP contribution in [0.3, 0.4) is 0 Å². The van der Waals surface area contributed by atoms with Gasteiger partial charge in [-0.1, -0.05) is 18.2 Å². The summed E-state index contributed by atoms with van der Waals surface area (Å²) >= 11 is 1.34. The SMILES string of the molecule is [Br-].c1ccc(-c2nc(=[N+]3CCOCC3)so2)cc1. The minimum Gasteiger partial charge on any atom is -1.00 e. The minimum atomic E-state index is 0. The molecule has 3 rings (SSSR count). The molecule has 0 atom stereocenters. The van der Waals surface area contributed by atoms with E-state index < -0.39 is 0 Å². The Bertz CT molecular complexity index is 557. The second-order valence-corrected chi connectivity index (χ2v) is 4.53. The Kier molecular flexibility index (Phi) is 4.68. The van der Waals surface area contributed by atoms with Crippen molar-refractivity contribution in [3.05, 3.63) is 35.1 Å². The number of halogens is 1. The van der Waals surface area contributed by atoms with E-state index >= 15 is 0 Å². The van der Waals surface area contributed by atoms with Crippen LogP contribution in [0.2, 0.25) is 0 Å². The summed E-state index contributed by atoms with van der Waals surface area (Å²) in [6, 6.07) is 9.96. The van der Waals surface area contributed by atoms with Crippen LogP contribution in [-0.4, -0.2) is 31.3 Å². The van der Waals surface area contributed by atoms with E-state index in [0.29, 0.717) is 5.89 Å². The zero-order valence-electron chi connectivity index (χ0n) is 9.71. The fourth-order valence-corrected chi connectivity index (χ4v) is 2.47. The van der Waals surface area contributed by atoms with Gasteiger partial charge in [-0.2, -0.15) is 0 Å². The van der Waals surface area contributed by atoms with Gasteiger partial charge in [0.15, 0.2) is 0 Å². The van der Waals surface area contributed by atoms with E-state index in [4.69, 9.17) is 8.59 Å². The molecule has 0 amide bonds. The molecule has 0 spiro atoms. The molecule has 4 nitrogen and oxygen atoms in total. The van der Waals surface area contributed by atoms with Crippen LogP contribution in [-0.2, 0) is 4.74 Å². The normalized spacial score (nSPS) is 15.2. The Hall–Kier alpha value is -0.980. The first-order valence-corrected chi connectivity index (χ1v) is 6.36. The number of morpholine rings is 1. The Morgan fingerprint density at radius 2 is 1.83 bits per heavy atom. The van der Waals surface area contributed by atoms with Crippen molar-refractivity contribution in [2.45, 2.75) is 0 Å². The van der Waals surface area contributed by atoms with Crippen LogP contribution in [0.5, 0.6) is 0 Å². The van der Waals surface area contributed by atoms with Gasteiger partial charge in [-0.05, 0) is 12.1 Å². The number of hydrogen-bond acceptors (Lipinski definition) is 4. The van der Waals surface area contributed by atoms with Crippen LogP contribution < -0.4 is 26.4 Å². The fourth-order valence-electron chi connectivity index (χ4n) is 1.77. The van der Waals surface area contributed by atoms with Crippen LogP contribution in [0.1, 0.15) is 0 Å². The second-order valence-electron chi connectivity index (χ2n) is 3.83. The molecule has 0 N–H and O–H groups in total. The number of rotatable bonds is 1. The number of hydrogen-bond donors (Lipinski definition) is 0.